The average Bonchev–Trinajstić information content (AvgIpc) is 2.81. The first kappa shape index (κ1) is 12.2. The predicted octanol–water partition coefficient (Wildman–Crippen LogP) is 1.37. The molecule has 0 spiro atoms. The number of nitrogen functional groups attached to an aromatic ring is 1. The molecular weight excluding hydrogens is 244 g/mol. The third-order valence-corrected chi connectivity index (χ3v) is 4.17. The molecule has 3 N–H and O–H groups in total. The number of nitrogens with one attached hydrogen (secondary N) is 1. The molecule has 2 saturated heterocycles. The summed E-state index contributed by atoms with van der Waals surface area (Å²) in [4.78, 5) is 12.6. The van der Waals surface area contributed by atoms with Crippen LogP contribution in [0.2, 0.25) is 0 Å². The molecule has 0 saturated carbocycles. The highest BCUT2D eigenvalue weighted by Crippen LogP contribution is 2.32. The van der Waals surface area contributed by atoms with Gasteiger partial charge in [-0.1, -0.05) is 0 Å². The fourth-order valence-corrected chi connectivity index (χ4v) is 3.16. The Morgan fingerprint density at radius 1 is 1.42 bits per heavy atom. The van der Waals surface area contributed by atoms with E-state index in [0.29, 0.717) is 12.0 Å². The van der Waals surface area contributed by atoms with Gasteiger partial charge in [-0.05, 0) is 37.4 Å². The van der Waals surface area contributed by atoms with Crippen LogP contribution in [0, 0.1) is 16.0 Å². The van der Waals surface area contributed by atoms with E-state index in [0.717, 1.165) is 25.3 Å². The standard InChI is InChI=1S/C13H18N4O2/c14-11-6-10(3-4-13(11)17(18)19)16-7-9-2-1-5-15-12(9)8-16/h3-4,6,9,12,15H,1-2,5,7-8,14H2. The molecule has 0 aromatic heterocycles. The highest BCUT2D eigenvalue weighted by Gasteiger charge is 2.34. The topological polar surface area (TPSA) is 84.4 Å². The van der Waals surface area contributed by atoms with E-state index in [9.17, 15) is 10.1 Å². The second-order valence-electron chi connectivity index (χ2n) is 5.37. The SMILES string of the molecule is Nc1cc(N2CC3CCCNC3C2)ccc1[N+](=O)[O-]. The molecule has 6 heteroatoms. The summed E-state index contributed by atoms with van der Waals surface area (Å²) in [5, 5.41) is 14.3. The maximum atomic E-state index is 10.8. The summed E-state index contributed by atoms with van der Waals surface area (Å²) in [5.41, 5.74) is 6.96. The highest BCUT2D eigenvalue weighted by molar-refractivity contribution is 5.67. The Kier molecular flexibility index (Phi) is 3.02. The lowest BCUT2D eigenvalue weighted by molar-refractivity contribution is -0.383. The van der Waals surface area contributed by atoms with Crippen LogP contribution in [0.4, 0.5) is 17.1 Å². The van der Waals surface area contributed by atoms with E-state index in [4.69, 9.17) is 5.73 Å². The number of nitro benzene ring substituents is 1. The van der Waals surface area contributed by atoms with E-state index < -0.39 is 4.92 Å². The Bertz CT molecular complexity index is 491. The highest BCUT2D eigenvalue weighted by atomic mass is 16.6. The lowest BCUT2D eigenvalue weighted by Crippen LogP contribution is -2.40. The van der Waals surface area contributed by atoms with E-state index in [1.807, 2.05) is 0 Å². The molecule has 2 atom stereocenters. The Hall–Kier alpha value is -1.82. The van der Waals surface area contributed by atoms with Crippen LogP contribution in [0.15, 0.2) is 18.2 Å². The van der Waals surface area contributed by atoms with Crippen LogP contribution in [-0.4, -0.2) is 30.6 Å². The average molecular weight is 262 g/mol. The number of anilines is 2. The first-order chi connectivity index (χ1) is 9.15. The van der Waals surface area contributed by atoms with Gasteiger partial charge in [0, 0.05) is 30.9 Å². The van der Waals surface area contributed by atoms with E-state index in [2.05, 4.69) is 10.2 Å². The van der Waals surface area contributed by atoms with E-state index >= 15 is 0 Å². The van der Waals surface area contributed by atoms with Crippen molar-refractivity contribution in [1.82, 2.24) is 5.32 Å². The van der Waals surface area contributed by atoms with Crippen LogP contribution in [-0.2, 0) is 0 Å². The fraction of sp³-hybridized carbons (Fsp3) is 0.538. The molecule has 2 heterocycles. The molecule has 2 unspecified atom stereocenters. The van der Waals surface area contributed by atoms with Crippen molar-refractivity contribution in [3.05, 3.63) is 28.3 Å². The zero-order valence-corrected chi connectivity index (χ0v) is 10.7. The fourth-order valence-electron chi connectivity index (χ4n) is 3.16. The minimum Gasteiger partial charge on any atom is -0.393 e. The van der Waals surface area contributed by atoms with Gasteiger partial charge < -0.3 is 16.0 Å². The van der Waals surface area contributed by atoms with E-state index in [-0.39, 0.29) is 11.4 Å². The molecule has 0 radical (unpaired) electrons. The lowest BCUT2D eigenvalue weighted by atomic mass is 9.94. The molecule has 0 amide bonds. The van der Waals surface area contributed by atoms with Crippen LogP contribution in [0.25, 0.3) is 0 Å². The number of rotatable bonds is 2. The van der Waals surface area contributed by atoms with Crippen LogP contribution < -0.4 is 16.0 Å². The predicted molar refractivity (Wildman–Crippen MR) is 74.2 cm³/mol. The smallest absolute Gasteiger partial charge is 0.292 e. The van der Waals surface area contributed by atoms with Gasteiger partial charge >= 0.3 is 0 Å². The number of nitrogens with zero attached hydrogens (tertiary/aromatic N) is 2. The number of fused-ring (bicyclic) bond motifs is 1. The second-order valence-corrected chi connectivity index (χ2v) is 5.37. The van der Waals surface area contributed by atoms with Crippen LogP contribution in [0.3, 0.4) is 0 Å². The molecule has 1 aromatic rings. The summed E-state index contributed by atoms with van der Waals surface area (Å²) in [7, 11) is 0. The summed E-state index contributed by atoms with van der Waals surface area (Å²) >= 11 is 0. The molecule has 2 aliphatic heterocycles. The molecule has 2 fully saturated rings. The molecule has 1 aromatic carbocycles. The first-order valence-corrected chi connectivity index (χ1v) is 6.67. The van der Waals surface area contributed by atoms with Crippen LogP contribution in [0.1, 0.15) is 12.8 Å². The summed E-state index contributed by atoms with van der Waals surface area (Å²) in [5.74, 6) is 0.685. The van der Waals surface area contributed by atoms with E-state index in [1.165, 1.54) is 18.9 Å². The number of benzene rings is 1. The lowest BCUT2D eigenvalue weighted by Gasteiger charge is -2.24. The van der Waals surface area contributed by atoms with E-state index in [1.54, 1.807) is 12.1 Å². The number of hydrogen-bond acceptors (Lipinski definition) is 5. The maximum Gasteiger partial charge on any atom is 0.292 e. The van der Waals surface area contributed by atoms with Gasteiger partial charge in [0.05, 0.1) is 4.92 Å². The van der Waals surface area contributed by atoms with Gasteiger partial charge in [-0.25, -0.2) is 0 Å². The Morgan fingerprint density at radius 3 is 2.95 bits per heavy atom. The maximum absolute atomic E-state index is 10.8. The van der Waals surface area contributed by atoms with Crippen molar-refractivity contribution in [1.29, 1.82) is 0 Å². The largest absolute Gasteiger partial charge is 0.393 e. The van der Waals surface area contributed by atoms with Gasteiger partial charge in [-0.2, -0.15) is 0 Å². The van der Waals surface area contributed by atoms with Crippen molar-refractivity contribution in [3.8, 4) is 0 Å². The van der Waals surface area contributed by atoms with Gasteiger partial charge in [0.25, 0.3) is 5.69 Å². The van der Waals surface area contributed by atoms with Crippen LogP contribution >= 0.6 is 0 Å². The molecule has 3 rings (SSSR count). The van der Waals surface area contributed by atoms with Gasteiger partial charge in [-0.15, -0.1) is 0 Å². The molecule has 102 valence electrons. The molecule has 0 aliphatic carbocycles. The van der Waals surface area contributed by atoms with Crippen molar-refractivity contribution in [2.24, 2.45) is 5.92 Å². The summed E-state index contributed by atoms with van der Waals surface area (Å²) in [6.45, 7) is 3.06. The molecular formula is C13H18N4O2. The quantitative estimate of drug-likeness (QED) is 0.477. The Morgan fingerprint density at radius 2 is 2.26 bits per heavy atom. The third-order valence-electron chi connectivity index (χ3n) is 4.17. The van der Waals surface area contributed by atoms with Gasteiger partial charge in [0.1, 0.15) is 5.69 Å². The second kappa shape index (κ2) is 4.70. The summed E-state index contributed by atoms with van der Waals surface area (Å²) in [6, 6.07) is 5.56. The number of nitrogens with two attached hydrogens (primary N) is 1. The van der Waals surface area contributed by atoms with Crippen LogP contribution in [0.5, 0.6) is 0 Å². The first-order valence-electron chi connectivity index (χ1n) is 6.67. The number of nitro groups is 1. The summed E-state index contributed by atoms with van der Waals surface area (Å²) in [6.07, 6.45) is 2.49. The van der Waals surface area contributed by atoms with Crippen molar-refractivity contribution in [2.75, 3.05) is 30.3 Å². The zero-order valence-electron chi connectivity index (χ0n) is 10.7. The monoisotopic (exact) mass is 262 g/mol. The molecule has 6 nitrogen and oxygen atoms in total. The summed E-state index contributed by atoms with van der Waals surface area (Å²) < 4.78 is 0. The van der Waals surface area contributed by atoms with Crippen molar-refractivity contribution >= 4 is 17.1 Å². The number of hydrogen-bond donors (Lipinski definition) is 2. The minimum absolute atomic E-state index is 0.0153. The van der Waals surface area contributed by atoms with Crippen molar-refractivity contribution in [3.63, 3.8) is 0 Å². The molecule has 2 aliphatic rings. The zero-order chi connectivity index (χ0) is 13.4. The van der Waals surface area contributed by atoms with Gasteiger partial charge in [0.2, 0.25) is 0 Å². The van der Waals surface area contributed by atoms with Crippen molar-refractivity contribution < 1.29 is 4.92 Å². The normalized spacial score (nSPS) is 26.2. The number of piperidine rings is 1. The minimum atomic E-state index is -0.440. The Labute approximate surface area is 111 Å². The molecule has 0 bridgehead atoms. The molecule has 19 heavy (non-hydrogen) atoms. The van der Waals surface area contributed by atoms with Gasteiger partial charge in [-0.3, -0.25) is 10.1 Å². The van der Waals surface area contributed by atoms with Gasteiger partial charge in [0.15, 0.2) is 0 Å². The third kappa shape index (κ3) is 2.23. The van der Waals surface area contributed by atoms with Crippen molar-refractivity contribution in [2.45, 2.75) is 18.9 Å². The Balaban J connectivity index is 1.80.